The van der Waals surface area contributed by atoms with Gasteiger partial charge in [0, 0.05) is 44.7 Å². The van der Waals surface area contributed by atoms with Crippen LogP contribution in [-0.4, -0.2) is 197 Å². The average Bonchev–Trinajstić information content (AvgIpc) is 2.76. The van der Waals surface area contributed by atoms with Crippen LogP contribution >= 0.6 is 0 Å². The highest BCUT2D eigenvalue weighted by atomic mass is 16.5. The molecule has 0 radical (unpaired) electrons. The molecule has 0 aliphatic carbocycles. The summed E-state index contributed by atoms with van der Waals surface area (Å²) in [6.45, 7) is 5.45. The number of nitrogens with one attached hydrogen (secondary N) is 7. The van der Waals surface area contributed by atoms with Crippen LogP contribution in [0.15, 0.2) is 97.1 Å². The van der Waals surface area contributed by atoms with E-state index in [9.17, 15) is 58.8 Å². The number of aliphatic hydroxyl groups excluding tert-OH is 3. The van der Waals surface area contributed by atoms with Crippen LogP contribution in [0.3, 0.4) is 0 Å². The molecule has 7 rings (SSSR count). The van der Waals surface area contributed by atoms with Crippen molar-refractivity contribution in [3.63, 3.8) is 0 Å². The standard InChI is InChI=1S/C62H82N10O13/c1-6-7-8-32-85-48-26-22-43(23-27-48)41-16-14-40(15-17-41)42-18-20-44(21-19-42)55(77)66-49-10-9-29-63-58(80)51-33-45(65-62(84)64-30-31-70(4)5)35-71(51)60(82)53(37(2)73)69-57(79)50(28-13-39-11-24-46(75)25-12-39)67-59(81)52-34-47(76)36-72(52)61(83)54(38(3)74)68-56(49)78/h11-12,14-27,37-38,45,47,49-54,73-76H,6-10,13,28-36H2,1-5H3,(H,63,80)(H,66,77)(H,67,81)(H,68,78)(H,69,79)(H2,64,65,84)/t37?,38?,45-,47+,49-,50?,51?,52?,53?,54?/m0/s1. The minimum absolute atomic E-state index is 0.0129. The van der Waals surface area contributed by atoms with Crippen molar-refractivity contribution in [3.8, 4) is 33.8 Å². The number of benzene rings is 4. The first-order valence-corrected chi connectivity index (χ1v) is 29.2. The fourth-order valence-electron chi connectivity index (χ4n) is 10.6. The lowest BCUT2D eigenvalue weighted by atomic mass is 9.99. The lowest BCUT2D eigenvalue weighted by Crippen LogP contribution is -2.61. The number of carbonyl (C=O) groups is 8. The minimum atomic E-state index is -1.71. The molecule has 10 atom stereocenters. The average molecular weight is 1180 g/mol. The Bertz CT molecular complexity index is 2930. The molecule has 3 aliphatic heterocycles. The molecule has 9 amide bonds. The van der Waals surface area contributed by atoms with E-state index in [0.29, 0.717) is 25.3 Å². The van der Waals surface area contributed by atoms with Crippen LogP contribution in [0.1, 0.15) is 88.1 Å². The molecule has 7 unspecified atom stereocenters. The predicted molar refractivity (Wildman–Crippen MR) is 317 cm³/mol. The van der Waals surface area contributed by atoms with E-state index in [0.717, 1.165) is 57.1 Å². The van der Waals surface area contributed by atoms with Crippen LogP contribution in [0.25, 0.3) is 22.3 Å². The van der Waals surface area contributed by atoms with E-state index in [4.69, 9.17) is 4.74 Å². The number of rotatable bonds is 18. The summed E-state index contributed by atoms with van der Waals surface area (Å²) in [6, 6.07) is 18.5. The van der Waals surface area contributed by atoms with Crippen molar-refractivity contribution in [2.45, 2.75) is 139 Å². The summed E-state index contributed by atoms with van der Waals surface area (Å²) in [5.74, 6) is -5.05. The first-order chi connectivity index (χ1) is 40.7. The van der Waals surface area contributed by atoms with Gasteiger partial charge < -0.3 is 77.1 Å². The first kappa shape index (κ1) is 64.4. The van der Waals surface area contributed by atoms with Crippen LogP contribution in [-0.2, 0) is 35.2 Å². The third-order valence-corrected chi connectivity index (χ3v) is 15.5. The summed E-state index contributed by atoms with van der Waals surface area (Å²) in [5.41, 5.74) is 4.55. The Hall–Kier alpha value is -8.12. The molecular formula is C62H82N10O13. The summed E-state index contributed by atoms with van der Waals surface area (Å²) in [6.07, 6.45) is -1.58. The normalized spacial score (nSPS) is 23.5. The number of aliphatic hydroxyl groups is 3. The van der Waals surface area contributed by atoms with Gasteiger partial charge in [-0.05, 0) is 131 Å². The second-order valence-electron chi connectivity index (χ2n) is 22.5. The smallest absolute Gasteiger partial charge is 0.315 e. The number of aryl methyl sites for hydroxylation is 1. The maximum Gasteiger partial charge on any atom is 0.315 e. The van der Waals surface area contributed by atoms with Gasteiger partial charge in [-0.1, -0.05) is 80.4 Å². The summed E-state index contributed by atoms with van der Waals surface area (Å²) in [5, 5.41) is 62.1. The zero-order valence-electron chi connectivity index (χ0n) is 48.9. The number of hydrogen-bond donors (Lipinski definition) is 11. The number of unbranched alkanes of at least 4 members (excludes halogenated alkanes) is 2. The van der Waals surface area contributed by atoms with Gasteiger partial charge >= 0.3 is 6.03 Å². The number of aromatic hydroxyl groups is 1. The van der Waals surface area contributed by atoms with Gasteiger partial charge in [0.2, 0.25) is 35.4 Å². The molecule has 0 aromatic heterocycles. The van der Waals surface area contributed by atoms with Gasteiger partial charge in [0.25, 0.3) is 5.91 Å². The zero-order chi connectivity index (χ0) is 61.3. The monoisotopic (exact) mass is 1170 g/mol. The maximum absolute atomic E-state index is 14.7. The van der Waals surface area contributed by atoms with Crippen LogP contribution in [0.4, 0.5) is 4.79 Å². The fourth-order valence-corrected chi connectivity index (χ4v) is 10.6. The molecule has 4 aromatic rings. The topological polar surface area (TPSA) is 321 Å². The van der Waals surface area contributed by atoms with E-state index in [1.165, 1.54) is 26.0 Å². The molecule has 4 aromatic carbocycles. The molecule has 3 saturated heterocycles. The Labute approximate surface area is 495 Å². The van der Waals surface area contributed by atoms with Gasteiger partial charge in [-0.25, -0.2) is 4.79 Å². The van der Waals surface area contributed by atoms with Crippen LogP contribution in [0.2, 0.25) is 0 Å². The van der Waals surface area contributed by atoms with Gasteiger partial charge in [0.15, 0.2) is 0 Å². The highest BCUT2D eigenvalue weighted by Crippen LogP contribution is 2.28. The van der Waals surface area contributed by atoms with Crippen molar-refractivity contribution in [2.75, 3.05) is 53.4 Å². The Balaban J connectivity index is 1.14. The van der Waals surface area contributed by atoms with E-state index in [1.807, 2.05) is 67.5 Å². The predicted octanol–water partition coefficient (Wildman–Crippen LogP) is 1.94. The molecule has 3 aliphatic rings. The first-order valence-electron chi connectivity index (χ1n) is 29.2. The van der Waals surface area contributed by atoms with Crippen molar-refractivity contribution < 1.29 is 63.5 Å². The molecule has 23 heteroatoms. The number of phenols is 1. The SMILES string of the molecule is CCCCCOc1ccc(-c2ccc(-c3ccc(C(=O)N[C@H]4CCCNC(=O)C5C[C@H](NC(=O)NCCN(C)C)CN5C(=O)C(C(C)O)NC(=O)C(CCc5ccc(O)cc5)NC(=O)C5C[C@@H](O)CN5C(=O)C(C(C)O)NC4=O)cc3)cc2)cc1. The van der Waals surface area contributed by atoms with E-state index in [2.05, 4.69) is 44.1 Å². The fraction of sp³-hybridized carbons (Fsp3) is 0.484. The summed E-state index contributed by atoms with van der Waals surface area (Å²) in [7, 11) is 3.68. The maximum atomic E-state index is 14.7. The van der Waals surface area contributed by atoms with E-state index >= 15 is 0 Å². The van der Waals surface area contributed by atoms with Crippen molar-refractivity contribution in [2.24, 2.45) is 0 Å². The molecule has 23 nitrogen and oxygen atoms in total. The number of urea groups is 1. The Morgan fingerprint density at radius 2 is 1.26 bits per heavy atom. The van der Waals surface area contributed by atoms with Gasteiger partial charge in [-0.15, -0.1) is 0 Å². The molecule has 0 spiro atoms. The molecular weight excluding hydrogens is 1090 g/mol. The zero-order valence-corrected chi connectivity index (χ0v) is 48.9. The number of ether oxygens (including phenoxy) is 1. The highest BCUT2D eigenvalue weighted by Gasteiger charge is 2.46. The van der Waals surface area contributed by atoms with Gasteiger partial charge in [0.05, 0.1) is 31.0 Å². The molecule has 0 saturated carbocycles. The number of amides is 9. The molecule has 0 bridgehead atoms. The molecule has 85 heavy (non-hydrogen) atoms. The third-order valence-electron chi connectivity index (χ3n) is 15.5. The van der Waals surface area contributed by atoms with Crippen molar-refractivity contribution in [3.05, 3.63) is 108 Å². The van der Waals surface area contributed by atoms with Crippen LogP contribution < -0.4 is 42.0 Å². The van der Waals surface area contributed by atoms with E-state index in [-0.39, 0.29) is 62.9 Å². The highest BCUT2D eigenvalue weighted by molar-refractivity contribution is 6.00. The van der Waals surface area contributed by atoms with Gasteiger partial charge in [0.1, 0.15) is 47.8 Å². The van der Waals surface area contributed by atoms with Gasteiger partial charge in [-0.2, -0.15) is 0 Å². The quantitative estimate of drug-likeness (QED) is 0.0635. The summed E-state index contributed by atoms with van der Waals surface area (Å²) in [4.78, 5) is 118. The Morgan fingerprint density at radius 3 is 1.85 bits per heavy atom. The number of nitrogens with zero attached hydrogens (tertiary/aromatic N) is 3. The number of hydrogen-bond acceptors (Lipinski definition) is 14. The molecule has 11 N–H and O–H groups in total. The third kappa shape index (κ3) is 18.0. The van der Waals surface area contributed by atoms with Crippen molar-refractivity contribution in [1.82, 2.24) is 51.9 Å². The van der Waals surface area contributed by atoms with Gasteiger partial charge in [-0.3, -0.25) is 33.6 Å². The Morgan fingerprint density at radius 1 is 0.694 bits per heavy atom. The number of phenolic OH excluding ortho intramolecular Hbond substituents is 1. The minimum Gasteiger partial charge on any atom is -0.508 e. The number of fused-ring (bicyclic) bond motifs is 2. The van der Waals surface area contributed by atoms with Crippen molar-refractivity contribution >= 4 is 47.4 Å². The van der Waals surface area contributed by atoms with Crippen LogP contribution in [0.5, 0.6) is 11.5 Å². The van der Waals surface area contributed by atoms with Crippen LogP contribution in [0, 0.1) is 0 Å². The number of likely N-dealkylation sites (N-methyl/N-ethyl adjacent to an activating group) is 1. The largest absolute Gasteiger partial charge is 0.508 e. The lowest BCUT2D eigenvalue weighted by Gasteiger charge is -2.32. The van der Waals surface area contributed by atoms with E-state index in [1.54, 1.807) is 36.4 Å². The molecule has 458 valence electrons. The number of carbonyl (C=O) groups excluding carboxylic acids is 8. The van der Waals surface area contributed by atoms with Crippen molar-refractivity contribution in [1.29, 1.82) is 0 Å². The summed E-state index contributed by atoms with van der Waals surface area (Å²) < 4.78 is 5.87. The van der Waals surface area contributed by atoms with E-state index < -0.39 is 115 Å². The lowest BCUT2D eigenvalue weighted by molar-refractivity contribution is -0.145. The molecule has 3 fully saturated rings. The Kier molecular flexibility index (Phi) is 23.2. The second-order valence-corrected chi connectivity index (χ2v) is 22.5. The second kappa shape index (κ2) is 30.6. The molecule has 3 heterocycles. The summed E-state index contributed by atoms with van der Waals surface area (Å²) >= 11 is 0.